The van der Waals surface area contributed by atoms with Crippen molar-refractivity contribution in [3.8, 4) is 0 Å². The van der Waals surface area contributed by atoms with Crippen LogP contribution < -0.4 is 10.5 Å². The zero-order valence-corrected chi connectivity index (χ0v) is 16.4. The molecule has 3 aromatic carbocycles. The lowest BCUT2D eigenvalue weighted by atomic mass is 9.95. The molecule has 154 valence electrons. The van der Waals surface area contributed by atoms with Gasteiger partial charge in [-0.2, -0.15) is 5.23 Å². The van der Waals surface area contributed by atoms with Crippen LogP contribution >= 0.6 is 0 Å². The third kappa shape index (κ3) is 3.30. The van der Waals surface area contributed by atoms with E-state index in [1.807, 2.05) is 24.3 Å². The average Bonchev–Trinajstić information content (AvgIpc) is 2.93. The zero-order valence-electron chi connectivity index (χ0n) is 16.4. The van der Waals surface area contributed by atoms with Gasteiger partial charge in [0.05, 0.1) is 28.7 Å². The summed E-state index contributed by atoms with van der Waals surface area (Å²) in [7, 11) is 0. The number of aliphatic imine (C=N–C) groups is 1. The van der Waals surface area contributed by atoms with E-state index in [9.17, 15) is 20.3 Å². The van der Waals surface area contributed by atoms with Gasteiger partial charge in [0.1, 0.15) is 5.76 Å². The summed E-state index contributed by atoms with van der Waals surface area (Å²) in [6, 6.07) is 20.8. The summed E-state index contributed by atoms with van der Waals surface area (Å²) in [5.74, 6) is -0.301. The first-order valence-corrected chi connectivity index (χ1v) is 9.87. The summed E-state index contributed by atoms with van der Waals surface area (Å²) in [5.41, 5.74) is 4.21. The number of carbonyl (C=O) groups is 1. The number of hydrogen-bond donors (Lipinski definition) is 4. The van der Waals surface area contributed by atoms with Gasteiger partial charge in [-0.3, -0.25) is 9.79 Å². The van der Waals surface area contributed by atoms with Crippen molar-refractivity contribution in [3.05, 3.63) is 100 Å². The molecule has 2 atom stereocenters. The van der Waals surface area contributed by atoms with Gasteiger partial charge in [0.2, 0.25) is 0 Å². The van der Waals surface area contributed by atoms with Crippen molar-refractivity contribution < 1.29 is 20.3 Å². The van der Waals surface area contributed by atoms with Crippen molar-refractivity contribution in [2.24, 2.45) is 4.99 Å². The number of fused-ring (bicyclic) bond motifs is 2. The quantitative estimate of drug-likeness (QED) is 0.487. The van der Waals surface area contributed by atoms with Gasteiger partial charge in [-0.25, -0.2) is 5.21 Å². The highest BCUT2D eigenvalue weighted by Gasteiger charge is 2.34. The van der Waals surface area contributed by atoms with Gasteiger partial charge < -0.3 is 15.6 Å². The van der Waals surface area contributed by atoms with Gasteiger partial charge >= 0.3 is 0 Å². The molecule has 0 aromatic heterocycles. The molecule has 0 amide bonds. The molecule has 2 aliphatic rings. The van der Waals surface area contributed by atoms with Crippen molar-refractivity contribution in [3.63, 3.8) is 0 Å². The molecule has 0 saturated carbocycles. The Labute approximate surface area is 178 Å². The highest BCUT2D eigenvalue weighted by molar-refractivity contribution is 6.36. The average molecular weight is 413 g/mol. The predicted molar refractivity (Wildman–Crippen MR) is 117 cm³/mol. The van der Waals surface area contributed by atoms with Crippen LogP contribution in [0, 0.1) is 5.21 Å². The maximum atomic E-state index is 13.1. The summed E-state index contributed by atoms with van der Waals surface area (Å²) in [5, 5.41) is 33.7. The Balaban J connectivity index is 1.60. The standard InChI is InChI=1S/C24H19N3O4/c28-23-16-5-1-2-6-17(16)24(29)22(23)21-13-20(14-9-11-15(12-10-14)27(30)31)25-18-7-3-4-8-19(18)26-21/h1-12,20,25,27-28,30H,13H2/t20-/m0/s1. The summed E-state index contributed by atoms with van der Waals surface area (Å²) >= 11 is 0. The first kappa shape index (κ1) is 19.2. The molecule has 7 heteroatoms. The monoisotopic (exact) mass is 413 g/mol. The van der Waals surface area contributed by atoms with Crippen molar-refractivity contribution in [2.45, 2.75) is 12.5 Å². The molecule has 1 heterocycles. The third-order valence-corrected chi connectivity index (χ3v) is 5.63. The molecule has 0 bridgehead atoms. The molecule has 0 radical (unpaired) electrons. The number of nitrogens with zero attached hydrogens (tertiary/aromatic N) is 1. The first-order chi connectivity index (χ1) is 15.0. The Morgan fingerprint density at radius 3 is 2.35 bits per heavy atom. The van der Waals surface area contributed by atoms with Crippen LogP contribution in [0.5, 0.6) is 0 Å². The molecule has 3 aromatic rings. The summed E-state index contributed by atoms with van der Waals surface area (Å²) in [4.78, 5) is 17.9. The Morgan fingerprint density at radius 2 is 1.65 bits per heavy atom. The van der Waals surface area contributed by atoms with Crippen LogP contribution in [0.15, 0.2) is 83.4 Å². The lowest BCUT2D eigenvalue weighted by Gasteiger charge is -2.20. The number of allylic oxidation sites excluding steroid dienone is 1. The van der Waals surface area contributed by atoms with Crippen LogP contribution in [-0.4, -0.2) is 21.8 Å². The Bertz CT molecular complexity index is 1250. The lowest BCUT2D eigenvalue weighted by molar-refractivity contribution is -0.991. The van der Waals surface area contributed by atoms with E-state index in [1.54, 1.807) is 48.5 Å². The van der Waals surface area contributed by atoms with E-state index in [2.05, 4.69) is 5.32 Å². The predicted octanol–water partition coefficient (Wildman–Crippen LogP) is 3.89. The molecule has 0 spiro atoms. The zero-order chi connectivity index (χ0) is 21.5. The number of rotatable bonds is 3. The number of Topliss-reactive ketones (excluding diaryl/α,β-unsaturated/α-hetero) is 1. The number of quaternary nitrogens is 1. The molecule has 31 heavy (non-hydrogen) atoms. The molecule has 1 unspecified atom stereocenters. The number of aliphatic hydroxyl groups excluding tert-OH is 1. The Hall–Kier alpha value is -3.78. The molecule has 0 saturated heterocycles. The van der Waals surface area contributed by atoms with E-state index in [0.717, 1.165) is 11.3 Å². The number of ketones is 1. The minimum atomic E-state index is -0.989. The maximum absolute atomic E-state index is 13.1. The largest absolute Gasteiger partial charge is 0.595 e. The molecule has 4 N–H and O–H groups in total. The maximum Gasteiger partial charge on any atom is 0.199 e. The molecular weight excluding hydrogens is 394 g/mol. The van der Waals surface area contributed by atoms with Gasteiger partial charge in [0.15, 0.2) is 11.5 Å². The van der Waals surface area contributed by atoms with Crippen LogP contribution in [0.4, 0.5) is 17.1 Å². The fourth-order valence-corrected chi connectivity index (χ4v) is 4.07. The van der Waals surface area contributed by atoms with Crippen LogP contribution in [0.3, 0.4) is 0 Å². The normalized spacial score (nSPS) is 18.6. The number of nitrogens with one attached hydrogen (secondary N) is 2. The molecule has 1 aliphatic heterocycles. The SMILES string of the molecule is O=C1C(C2=Nc3ccccc3N[C@H](c3ccc([NH+]([O-])O)cc3)C2)=C(O)c2ccccc21. The minimum Gasteiger partial charge on any atom is -0.595 e. The van der Waals surface area contributed by atoms with Crippen molar-refractivity contribution in [1.82, 2.24) is 0 Å². The van der Waals surface area contributed by atoms with Gasteiger partial charge in [0, 0.05) is 29.7 Å². The number of carbonyl (C=O) groups excluding carboxylic acids is 1. The second-order valence-corrected chi connectivity index (χ2v) is 7.50. The number of aliphatic hydroxyl groups is 1. The first-order valence-electron chi connectivity index (χ1n) is 9.87. The van der Waals surface area contributed by atoms with Crippen molar-refractivity contribution >= 4 is 34.3 Å². The van der Waals surface area contributed by atoms with Crippen LogP contribution in [-0.2, 0) is 0 Å². The number of para-hydroxylation sites is 2. The minimum absolute atomic E-state index is 0.0568. The van der Waals surface area contributed by atoms with Gasteiger partial charge in [-0.05, 0) is 17.7 Å². The van der Waals surface area contributed by atoms with Crippen molar-refractivity contribution in [2.75, 3.05) is 5.32 Å². The van der Waals surface area contributed by atoms with E-state index in [1.165, 1.54) is 0 Å². The number of anilines is 1. The molecule has 1 aliphatic carbocycles. The fraction of sp³-hybridized carbons (Fsp3) is 0.0833. The van der Waals surface area contributed by atoms with Crippen LogP contribution in [0.2, 0.25) is 0 Å². The number of hydrogen-bond acceptors (Lipinski definition) is 6. The highest BCUT2D eigenvalue weighted by Crippen LogP contribution is 2.39. The van der Waals surface area contributed by atoms with E-state index in [4.69, 9.17) is 4.99 Å². The van der Waals surface area contributed by atoms with Crippen molar-refractivity contribution in [1.29, 1.82) is 0 Å². The topological polar surface area (TPSA) is 109 Å². The van der Waals surface area contributed by atoms with E-state index in [0.29, 0.717) is 28.9 Å². The van der Waals surface area contributed by atoms with Gasteiger partial charge in [-0.15, -0.1) is 0 Å². The van der Waals surface area contributed by atoms with Gasteiger partial charge in [0.25, 0.3) is 0 Å². The van der Waals surface area contributed by atoms with Gasteiger partial charge in [-0.1, -0.05) is 48.5 Å². The summed E-state index contributed by atoms with van der Waals surface area (Å²) < 4.78 is 0. The summed E-state index contributed by atoms with van der Waals surface area (Å²) in [6.45, 7) is 0. The Morgan fingerprint density at radius 1 is 0.968 bits per heavy atom. The molecule has 5 rings (SSSR count). The fourth-order valence-electron chi connectivity index (χ4n) is 4.07. The van der Waals surface area contributed by atoms with Crippen LogP contribution in [0.1, 0.15) is 33.9 Å². The molecular formula is C24H19N3O4. The molecule has 7 nitrogen and oxygen atoms in total. The van der Waals surface area contributed by atoms with E-state index in [-0.39, 0.29) is 28.8 Å². The second-order valence-electron chi connectivity index (χ2n) is 7.50. The third-order valence-electron chi connectivity index (χ3n) is 5.63. The smallest absolute Gasteiger partial charge is 0.199 e. The Kier molecular flexibility index (Phi) is 4.63. The summed E-state index contributed by atoms with van der Waals surface area (Å²) in [6.07, 6.45) is 0.347. The van der Waals surface area contributed by atoms with E-state index >= 15 is 0 Å². The second kappa shape index (κ2) is 7.48. The van der Waals surface area contributed by atoms with Crippen LogP contribution in [0.25, 0.3) is 5.76 Å². The molecule has 0 fully saturated rings. The number of benzene rings is 3. The highest BCUT2D eigenvalue weighted by atomic mass is 16.8. The lowest BCUT2D eigenvalue weighted by Crippen LogP contribution is -2.99. The van der Waals surface area contributed by atoms with E-state index < -0.39 is 5.23 Å².